The summed E-state index contributed by atoms with van der Waals surface area (Å²) in [6.45, 7) is 0.118. The van der Waals surface area contributed by atoms with E-state index in [4.69, 9.17) is 21.1 Å². The van der Waals surface area contributed by atoms with Crippen LogP contribution in [0.5, 0.6) is 17.4 Å². The molecule has 0 saturated carbocycles. The van der Waals surface area contributed by atoms with Crippen LogP contribution in [0, 0.1) is 11.6 Å². The van der Waals surface area contributed by atoms with E-state index in [0.29, 0.717) is 27.6 Å². The number of fused-ring (bicyclic) bond motifs is 2. The number of methoxy groups -OCH3 is 1. The molecule has 0 spiro atoms. The minimum atomic E-state index is -3.76. The Labute approximate surface area is 240 Å². The third-order valence-corrected chi connectivity index (χ3v) is 8.35. The number of hydrogen-bond acceptors (Lipinski definition) is 6. The Bertz CT molecular complexity index is 1910. The molecule has 3 aromatic carbocycles. The number of hydrogen-bond donors (Lipinski definition) is 1. The molecule has 0 amide bonds. The highest BCUT2D eigenvalue weighted by molar-refractivity contribution is 7.92. The van der Waals surface area contributed by atoms with Crippen molar-refractivity contribution < 1.29 is 31.8 Å². The second kappa shape index (κ2) is 10.7. The Morgan fingerprint density at radius 1 is 1.07 bits per heavy atom. The number of aromatic nitrogens is 2. The lowest BCUT2D eigenvalue weighted by Crippen LogP contribution is -2.25. The molecular formula is C29H26ClF2N3O5S. The summed E-state index contributed by atoms with van der Waals surface area (Å²) in [5, 5.41) is 11.9. The molecule has 0 fully saturated rings. The lowest BCUT2D eigenvalue weighted by atomic mass is 10.0. The second-order valence-corrected chi connectivity index (χ2v) is 12.1. The SMILES string of the molecule is COc1ccc(COc2c3ncc(Cc4cc(Cl)c(F)cc4F)cc3c(N(C)S(C)(=O)=O)c3cn(C)c(O)c23)cc1. The van der Waals surface area contributed by atoms with Crippen molar-refractivity contribution in [3.8, 4) is 17.4 Å². The van der Waals surface area contributed by atoms with Gasteiger partial charge in [0, 0.05) is 49.7 Å². The molecule has 0 aliphatic rings. The standard InChI is InChI=1S/C29H26ClF2N3O5S/c1-34-14-21-25(29(34)36)28(40-15-16-5-7-19(39-3)8-6-16)26-20(27(21)35(2)41(4,37)38)10-17(13-33-26)9-18-11-22(30)24(32)12-23(18)31/h5-8,10-14,36H,9,15H2,1-4H3. The van der Waals surface area contributed by atoms with Crippen molar-refractivity contribution in [2.24, 2.45) is 7.05 Å². The molecule has 2 aromatic heterocycles. The van der Waals surface area contributed by atoms with Gasteiger partial charge in [0.1, 0.15) is 29.5 Å². The predicted octanol–water partition coefficient (Wildman–Crippen LogP) is 5.94. The quantitative estimate of drug-likeness (QED) is 0.221. The first-order valence-electron chi connectivity index (χ1n) is 12.3. The molecule has 41 heavy (non-hydrogen) atoms. The number of benzene rings is 3. The zero-order valence-electron chi connectivity index (χ0n) is 22.6. The van der Waals surface area contributed by atoms with E-state index in [1.165, 1.54) is 23.9 Å². The normalized spacial score (nSPS) is 11.8. The molecule has 2 heterocycles. The third kappa shape index (κ3) is 5.34. The van der Waals surface area contributed by atoms with Gasteiger partial charge < -0.3 is 19.1 Å². The van der Waals surface area contributed by atoms with Gasteiger partial charge in [0.15, 0.2) is 5.75 Å². The van der Waals surface area contributed by atoms with Gasteiger partial charge in [0.05, 0.1) is 29.5 Å². The smallest absolute Gasteiger partial charge is 0.232 e. The fourth-order valence-corrected chi connectivity index (χ4v) is 5.41. The van der Waals surface area contributed by atoms with E-state index >= 15 is 0 Å². The van der Waals surface area contributed by atoms with E-state index < -0.39 is 21.7 Å². The van der Waals surface area contributed by atoms with Crippen LogP contribution in [0.1, 0.15) is 16.7 Å². The Morgan fingerprint density at radius 3 is 2.44 bits per heavy atom. The second-order valence-electron chi connectivity index (χ2n) is 9.67. The zero-order chi connectivity index (χ0) is 29.6. The average Bonchev–Trinajstić information content (AvgIpc) is 3.22. The van der Waals surface area contributed by atoms with Crippen molar-refractivity contribution in [2.75, 3.05) is 24.7 Å². The molecular weight excluding hydrogens is 576 g/mol. The third-order valence-electron chi connectivity index (χ3n) is 6.88. The summed E-state index contributed by atoms with van der Waals surface area (Å²) in [5.74, 6) is -0.844. The number of anilines is 1. The molecule has 0 aliphatic heterocycles. The molecule has 0 aliphatic carbocycles. The van der Waals surface area contributed by atoms with Gasteiger partial charge in [0.2, 0.25) is 15.9 Å². The van der Waals surface area contributed by atoms with Gasteiger partial charge in [-0.05, 0) is 41.0 Å². The fraction of sp³-hybridized carbons (Fsp3) is 0.207. The summed E-state index contributed by atoms with van der Waals surface area (Å²) in [6.07, 6.45) is 4.18. The minimum absolute atomic E-state index is 0.0108. The van der Waals surface area contributed by atoms with E-state index in [1.807, 2.05) is 12.1 Å². The molecule has 8 nitrogen and oxygen atoms in total. The van der Waals surface area contributed by atoms with Gasteiger partial charge in [0.25, 0.3) is 0 Å². The number of ether oxygens (including phenoxy) is 2. The van der Waals surface area contributed by atoms with Crippen molar-refractivity contribution in [1.82, 2.24) is 9.55 Å². The van der Waals surface area contributed by atoms with Crippen LogP contribution in [0.3, 0.4) is 0 Å². The first-order valence-corrected chi connectivity index (χ1v) is 14.6. The van der Waals surface area contributed by atoms with Gasteiger partial charge in [-0.2, -0.15) is 0 Å². The molecule has 214 valence electrons. The Morgan fingerprint density at radius 2 is 1.78 bits per heavy atom. The van der Waals surface area contributed by atoms with Crippen LogP contribution in [0.25, 0.3) is 21.7 Å². The van der Waals surface area contributed by atoms with Gasteiger partial charge in [-0.15, -0.1) is 0 Å². The number of sulfonamides is 1. The fourth-order valence-electron chi connectivity index (χ4n) is 4.69. The van der Waals surface area contributed by atoms with Crippen LogP contribution >= 0.6 is 11.6 Å². The van der Waals surface area contributed by atoms with E-state index in [9.17, 15) is 22.3 Å². The Kier molecular flexibility index (Phi) is 7.43. The summed E-state index contributed by atoms with van der Waals surface area (Å²) < 4.78 is 67.8. The first kappa shape index (κ1) is 28.4. The molecule has 0 saturated heterocycles. The molecule has 5 rings (SSSR count). The number of nitrogens with zero attached hydrogens (tertiary/aromatic N) is 3. The number of pyridine rings is 1. The Balaban J connectivity index is 1.73. The molecule has 0 radical (unpaired) electrons. The first-order chi connectivity index (χ1) is 19.4. The summed E-state index contributed by atoms with van der Waals surface area (Å²) in [4.78, 5) is 4.60. The van der Waals surface area contributed by atoms with Gasteiger partial charge in [-0.25, -0.2) is 17.2 Å². The van der Waals surface area contributed by atoms with Crippen LogP contribution in [-0.4, -0.2) is 43.5 Å². The van der Waals surface area contributed by atoms with Crippen LogP contribution in [0.4, 0.5) is 14.5 Å². The molecule has 0 bridgehead atoms. The summed E-state index contributed by atoms with van der Waals surface area (Å²) >= 11 is 5.89. The summed E-state index contributed by atoms with van der Waals surface area (Å²) in [5.41, 5.74) is 2.03. The summed E-state index contributed by atoms with van der Waals surface area (Å²) in [6, 6.07) is 10.9. The number of halogens is 3. The van der Waals surface area contributed by atoms with Gasteiger partial charge in [-0.3, -0.25) is 9.29 Å². The Hall–Kier alpha value is -4.09. The van der Waals surface area contributed by atoms with Gasteiger partial charge in [-0.1, -0.05) is 23.7 Å². The molecule has 0 unspecified atom stereocenters. The zero-order valence-corrected chi connectivity index (χ0v) is 24.1. The number of rotatable bonds is 8. The highest BCUT2D eigenvalue weighted by atomic mass is 35.5. The van der Waals surface area contributed by atoms with Crippen LogP contribution in [-0.2, 0) is 30.1 Å². The lowest BCUT2D eigenvalue weighted by molar-refractivity contribution is 0.311. The van der Waals surface area contributed by atoms with Crippen LogP contribution < -0.4 is 13.8 Å². The maximum absolute atomic E-state index is 14.6. The molecule has 12 heteroatoms. The molecule has 5 aromatic rings. The number of aryl methyl sites for hydroxylation is 1. The largest absolute Gasteiger partial charge is 0.497 e. The molecule has 0 atom stereocenters. The van der Waals surface area contributed by atoms with Gasteiger partial charge >= 0.3 is 0 Å². The highest BCUT2D eigenvalue weighted by Crippen LogP contribution is 2.47. The van der Waals surface area contributed by atoms with E-state index in [0.717, 1.165) is 22.2 Å². The number of aromatic hydroxyl groups is 1. The lowest BCUT2D eigenvalue weighted by Gasteiger charge is -2.22. The van der Waals surface area contributed by atoms with E-state index in [2.05, 4.69) is 4.98 Å². The van der Waals surface area contributed by atoms with E-state index in [1.54, 1.807) is 38.6 Å². The van der Waals surface area contributed by atoms with Crippen molar-refractivity contribution in [1.29, 1.82) is 0 Å². The topological polar surface area (TPSA) is 93.9 Å². The maximum Gasteiger partial charge on any atom is 0.232 e. The van der Waals surface area contributed by atoms with Crippen molar-refractivity contribution in [2.45, 2.75) is 13.0 Å². The van der Waals surface area contributed by atoms with Crippen molar-refractivity contribution in [3.63, 3.8) is 0 Å². The molecule has 1 N–H and O–H groups in total. The van der Waals surface area contributed by atoms with Crippen LogP contribution in [0.2, 0.25) is 5.02 Å². The van der Waals surface area contributed by atoms with E-state index in [-0.39, 0.29) is 46.3 Å². The summed E-state index contributed by atoms with van der Waals surface area (Å²) in [7, 11) is 0.830. The van der Waals surface area contributed by atoms with Crippen molar-refractivity contribution in [3.05, 3.63) is 88.2 Å². The minimum Gasteiger partial charge on any atom is -0.497 e. The average molecular weight is 602 g/mol. The van der Waals surface area contributed by atoms with Crippen LogP contribution in [0.15, 0.2) is 54.9 Å². The predicted molar refractivity (Wildman–Crippen MR) is 155 cm³/mol. The maximum atomic E-state index is 14.6. The monoisotopic (exact) mass is 601 g/mol. The highest BCUT2D eigenvalue weighted by Gasteiger charge is 2.27. The van der Waals surface area contributed by atoms with Crippen molar-refractivity contribution >= 4 is 49.0 Å².